The lowest BCUT2D eigenvalue weighted by atomic mass is 10.1. The van der Waals surface area contributed by atoms with Gasteiger partial charge in [-0.05, 0) is 23.3 Å². The van der Waals surface area contributed by atoms with Gasteiger partial charge in [0.25, 0.3) is 0 Å². The predicted molar refractivity (Wildman–Crippen MR) is 104 cm³/mol. The fourth-order valence-corrected chi connectivity index (χ4v) is 3.00. The van der Waals surface area contributed by atoms with Gasteiger partial charge >= 0.3 is 12.4 Å². The van der Waals surface area contributed by atoms with Crippen molar-refractivity contribution in [3.05, 3.63) is 58.2 Å². The summed E-state index contributed by atoms with van der Waals surface area (Å²) in [6, 6.07) is 2.35. The summed E-state index contributed by atoms with van der Waals surface area (Å²) in [7, 11) is 0. The molecule has 0 aromatic carbocycles. The molecule has 2 aliphatic heterocycles. The van der Waals surface area contributed by atoms with E-state index in [-0.39, 0.29) is 24.8 Å². The van der Waals surface area contributed by atoms with Crippen LogP contribution in [0.1, 0.15) is 33.6 Å². The van der Waals surface area contributed by atoms with Crippen LogP contribution >= 0.6 is 24.8 Å². The van der Waals surface area contributed by atoms with Crippen LogP contribution in [-0.4, -0.2) is 23.1 Å². The van der Waals surface area contributed by atoms with Crippen molar-refractivity contribution < 1.29 is 26.3 Å². The van der Waals surface area contributed by atoms with Crippen LogP contribution in [0.5, 0.6) is 0 Å². The molecule has 0 spiro atoms. The minimum absolute atomic E-state index is 0. The summed E-state index contributed by atoms with van der Waals surface area (Å²) in [5.41, 5.74) is 1.53. The summed E-state index contributed by atoms with van der Waals surface area (Å²) < 4.78 is 73.8. The first kappa shape index (κ1) is 26.4. The molecule has 2 N–H and O–H groups in total. The Balaban J connectivity index is 0.000000281. The molecule has 0 atom stereocenters. The highest BCUT2D eigenvalue weighted by Crippen LogP contribution is 2.31. The van der Waals surface area contributed by atoms with Gasteiger partial charge in [0.2, 0.25) is 0 Å². The number of nitrogens with zero attached hydrogens (tertiary/aromatic N) is 2. The van der Waals surface area contributed by atoms with Gasteiger partial charge in [0.05, 0.1) is 11.1 Å². The molecule has 2 aliphatic rings. The average molecular weight is 477 g/mol. The quantitative estimate of drug-likeness (QED) is 0.555. The van der Waals surface area contributed by atoms with E-state index in [0.29, 0.717) is 37.1 Å². The van der Waals surface area contributed by atoms with Gasteiger partial charge in [0, 0.05) is 62.8 Å². The lowest BCUT2D eigenvalue weighted by molar-refractivity contribution is -0.138. The third-order valence-corrected chi connectivity index (χ3v) is 4.48. The smallest absolute Gasteiger partial charge is 0.312 e. The number of nitrogens with one attached hydrogen (secondary N) is 2. The molecule has 0 fully saturated rings. The Hall–Kier alpha value is -1.62. The molecule has 0 bridgehead atoms. The maximum absolute atomic E-state index is 12.3. The van der Waals surface area contributed by atoms with Gasteiger partial charge in [-0.15, -0.1) is 24.8 Å². The third-order valence-electron chi connectivity index (χ3n) is 4.48. The molecule has 168 valence electrons. The van der Waals surface area contributed by atoms with E-state index in [1.54, 1.807) is 0 Å². The first-order valence-electron chi connectivity index (χ1n) is 8.66. The Kier molecular flexibility index (Phi) is 9.34. The Labute approximate surface area is 181 Å². The Bertz CT molecular complexity index is 773. The van der Waals surface area contributed by atoms with Gasteiger partial charge in [0.1, 0.15) is 0 Å². The molecule has 12 heteroatoms. The molecule has 0 radical (unpaired) electrons. The van der Waals surface area contributed by atoms with Crippen molar-refractivity contribution in [2.75, 3.05) is 13.1 Å². The van der Waals surface area contributed by atoms with Gasteiger partial charge in [-0.3, -0.25) is 9.97 Å². The van der Waals surface area contributed by atoms with Crippen molar-refractivity contribution in [3.8, 4) is 0 Å². The highest BCUT2D eigenvalue weighted by molar-refractivity contribution is 5.85. The fraction of sp³-hybridized carbons (Fsp3) is 0.444. The summed E-state index contributed by atoms with van der Waals surface area (Å²) in [6.45, 7) is 2.52. The monoisotopic (exact) mass is 476 g/mol. The van der Waals surface area contributed by atoms with E-state index >= 15 is 0 Å². The fourth-order valence-electron chi connectivity index (χ4n) is 3.00. The molecular weight excluding hydrogens is 457 g/mol. The van der Waals surface area contributed by atoms with Crippen LogP contribution in [-0.2, 0) is 38.3 Å². The summed E-state index contributed by atoms with van der Waals surface area (Å²) in [6.07, 6.45) is -5.37. The number of alkyl halides is 6. The van der Waals surface area contributed by atoms with Crippen LogP contribution in [0.25, 0.3) is 0 Å². The highest BCUT2D eigenvalue weighted by atomic mass is 35.5. The first-order chi connectivity index (χ1) is 13.1. The van der Waals surface area contributed by atoms with E-state index in [1.807, 2.05) is 0 Å². The molecule has 4 nitrogen and oxygen atoms in total. The second-order valence-electron chi connectivity index (χ2n) is 6.51. The normalized spacial score (nSPS) is 15.4. The van der Waals surface area contributed by atoms with Crippen molar-refractivity contribution in [2.45, 2.75) is 38.3 Å². The van der Waals surface area contributed by atoms with Crippen LogP contribution in [0.4, 0.5) is 26.3 Å². The van der Waals surface area contributed by atoms with Crippen molar-refractivity contribution in [1.82, 2.24) is 20.6 Å². The van der Waals surface area contributed by atoms with Crippen LogP contribution in [0.15, 0.2) is 24.5 Å². The molecule has 0 amide bonds. The van der Waals surface area contributed by atoms with Gasteiger partial charge in [-0.1, -0.05) is 0 Å². The number of pyridine rings is 2. The molecule has 4 rings (SSSR count). The van der Waals surface area contributed by atoms with E-state index in [0.717, 1.165) is 36.9 Å². The maximum Gasteiger partial charge on any atom is 0.417 e. The number of fused-ring (bicyclic) bond motifs is 2. The second kappa shape index (κ2) is 10.6. The van der Waals surface area contributed by atoms with Crippen molar-refractivity contribution in [1.29, 1.82) is 0 Å². The minimum atomic E-state index is -4.29. The summed E-state index contributed by atoms with van der Waals surface area (Å²) in [5, 5.41) is 6.02. The summed E-state index contributed by atoms with van der Waals surface area (Å²) in [5.74, 6) is 0. The Morgan fingerprint density at radius 2 is 1.03 bits per heavy atom. The highest BCUT2D eigenvalue weighted by Gasteiger charge is 2.32. The molecule has 0 saturated carbocycles. The van der Waals surface area contributed by atoms with Gasteiger partial charge in [-0.2, -0.15) is 26.3 Å². The lowest BCUT2D eigenvalue weighted by Gasteiger charge is -2.17. The third kappa shape index (κ3) is 6.69. The Morgan fingerprint density at radius 3 is 1.37 bits per heavy atom. The van der Waals surface area contributed by atoms with E-state index in [4.69, 9.17) is 0 Å². The molecule has 2 aromatic heterocycles. The number of hydrogen-bond acceptors (Lipinski definition) is 4. The minimum Gasteiger partial charge on any atom is -0.312 e. The number of halogens is 8. The van der Waals surface area contributed by atoms with E-state index < -0.39 is 23.5 Å². The Morgan fingerprint density at radius 1 is 0.667 bits per heavy atom. The van der Waals surface area contributed by atoms with Gasteiger partial charge < -0.3 is 10.6 Å². The average Bonchev–Trinajstić information content (AvgIpc) is 2.66. The molecule has 2 aromatic rings. The van der Waals surface area contributed by atoms with Gasteiger partial charge in [-0.25, -0.2) is 0 Å². The number of aromatic nitrogens is 2. The van der Waals surface area contributed by atoms with E-state index in [1.165, 1.54) is 12.1 Å². The van der Waals surface area contributed by atoms with Crippen LogP contribution < -0.4 is 10.6 Å². The molecule has 0 saturated heterocycles. The SMILES string of the molecule is Cl.Cl.FC(F)(F)c1cnc2c(c1)CNCC2.FC(F)(F)c1cnc2c(c1)CNCC2. The second-order valence-corrected chi connectivity index (χ2v) is 6.51. The molecule has 4 heterocycles. The summed E-state index contributed by atoms with van der Waals surface area (Å²) >= 11 is 0. The topological polar surface area (TPSA) is 49.8 Å². The van der Waals surface area contributed by atoms with E-state index in [9.17, 15) is 26.3 Å². The lowest BCUT2D eigenvalue weighted by Crippen LogP contribution is -2.25. The van der Waals surface area contributed by atoms with E-state index in [2.05, 4.69) is 20.6 Å². The predicted octanol–water partition coefficient (Wildman–Crippen LogP) is 4.34. The van der Waals surface area contributed by atoms with Crippen molar-refractivity contribution in [3.63, 3.8) is 0 Å². The van der Waals surface area contributed by atoms with Gasteiger partial charge in [0.15, 0.2) is 0 Å². The van der Waals surface area contributed by atoms with Crippen molar-refractivity contribution in [2.24, 2.45) is 0 Å². The zero-order valence-electron chi connectivity index (χ0n) is 15.5. The zero-order valence-corrected chi connectivity index (χ0v) is 17.2. The van der Waals surface area contributed by atoms with Crippen LogP contribution in [0, 0.1) is 0 Å². The molecule has 0 unspecified atom stereocenters. The number of rotatable bonds is 0. The van der Waals surface area contributed by atoms with Crippen LogP contribution in [0.2, 0.25) is 0 Å². The first-order valence-corrected chi connectivity index (χ1v) is 8.66. The zero-order chi connectivity index (χ0) is 20.4. The molecule has 0 aliphatic carbocycles. The standard InChI is InChI=1S/2C9H9F3N2.2ClH/c2*10-9(11,12)7-3-6-4-13-2-1-8(6)14-5-7;;/h2*3,5,13H,1-2,4H2;2*1H. The number of hydrogen-bond donors (Lipinski definition) is 2. The van der Waals surface area contributed by atoms with Crippen molar-refractivity contribution >= 4 is 24.8 Å². The summed E-state index contributed by atoms with van der Waals surface area (Å²) in [4.78, 5) is 7.65. The van der Waals surface area contributed by atoms with Crippen LogP contribution in [0.3, 0.4) is 0 Å². The molecular formula is C18H20Cl2F6N4. The molecule has 30 heavy (non-hydrogen) atoms. The maximum atomic E-state index is 12.3. The largest absolute Gasteiger partial charge is 0.417 e.